The Balaban J connectivity index is 2.33. The second-order valence-corrected chi connectivity index (χ2v) is 5.61. The number of amides is 1. The number of carbonyl (C=O) groups is 1. The van der Waals surface area contributed by atoms with Crippen LogP contribution >= 0.6 is 11.8 Å². The van der Waals surface area contributed by atoms with E-state index in [1.165, 1.54) is 17.3 Å². The van der Waals surface area contributed by atoms with Gasteiger partial charge in [0.25, 0.3) is 0 Å². The van der Waals surface area contributed by atoms with Gasteiger partial charge in [-0.15, -0.1) is 5.10 Å². The van der Waals surface area contributed by atoms with Crippen molar-refractivity contribution in [1.29, 1.82) is 0 Å². The van der Waals surface area contributed by atoms with E-state index in [1.807, 2.05) is 32.0 Å². The molecule has 0 radical (unpaired) electrons. The molecule has 6 nitrogen and oxygen atoms in total. The van der Waals surface area contributed by atoms with Crippen molar-refractivity contribution in [1.82, 2.24) is 20.2 Å². The van der Waals surface area contributed by atoms with Crippen LogP contribution in [0.1, 0.15) is 18.1 Å². The van der Waals surface area contributed by atoms with Gasteiger partial charge in [-0.3, -0.25) is 4.79 Å². The number of aromatic nitrogens is 4. The van der Waals surface area contributed by atoms with Gasteiger partial charge in [-0.25, -0.2) is 0 Å². The molecule has 1 aromatic heterocycles. The van der Waals surface area contributed by atoms with Crippen LogP contribution in [0.4, 0.5) is 0 Å². The quantitative estimate of drug-likeness (QED) is 0.850. The lowest BCUT2D eigenvalue weighted by atomic mass is 10.1. The summed E-state index contributed by atoms with van der Waals surface area (Å²) >= 11 is 1.24. The fourth-order valence-electron chi connectivity index (χ4n) is 1.49. The predicted octanol–water partition coefficient (Wildman–Crippen LogP) is 1.25. The van der Waals surface area contributed by atoms with Crippen LogP contribution in [0.5, 0.6) is 0 Å². The van der Waals surface area contributed by atoms with Gasteiger partial charge in [-0.05, 0) is 54.5 Å². The summed E-state index contributed by atoms with van der Waals surface area (Å²) in [4.78, 5) is 11.1. The summed E-state index contributed by atoms with van der Waals surface area (Å²) < 4.78 is 1.61. The Morgan fingerprint density at radius 2 is 2.11 bits per heavy atom. The molecule has 0 aliphatic heterocycles. The van der Waals surface area contributed by atoms with E-state index < -0.39 is 0 Å². The first-order chi connectivity index (χ1) is 8.99. The van der Waals surface area contributed by atoms with E-state index >= 15 is 0 Å². The van der Waals surface area contributed by atoms with Crippen molar-refractivity contribution in [2.45, 2.75) is 31.2 Å². The number of aryl methyl sites for hydroxylation is 2. The molecule has 1 heterocycles. The monoisotopic (exact) mass is 277 g/mol. The summed E-state index contributed by atoms with van der Waals surface area (Å²) in [6, 6.07) is 5.96. The summed E-state index contributed by atoms with van der Waals surface area (Å²) in [5, 5.41) is 11.7. The number of nitrogens with two attached hydrogens (primary N) is 1. The molecule has 0 aliphatic rings. The summed E-state index contributed by atoms with van der Waals surface area (Å²) in [6.45, 7) is 5.80. The van der Waals surface area contributed by atoms with Crippen LogP contribution in [0.15, 0.2) is 23.4 Å². The van der Waals surface area contributed by atoms with Crippen LogP contribution in [-0.2, 0) is 4.79 Å². The highest BCUT2D eigenvalue weighted by atomic mass is 32.2. The molecular formula is C12H15N5OS. The second-order valence-electron chi connectivity index (χ2n) is 4.30. The van der Waals surface area contributed by atoms with Crippen LogP contribution in [0.3, 0.4) is 0 Å². The van der Waals surface area contributed by atoms with Crippen molar-refractivity contribution >= 4 is 17.7 Å². The van der Waals surface area contributed by atoms with Crippen LogP contribution < -0.4 is 5.73 Å². The fourth-order valence-corrected chi connectivity index (χ4v) is 2.25. The lowest BCUT2D eigenvalue weighted by Crippen LogP contribution is -2.23. The molecule has 1 aromatic carbocycles. The van der Waals surface area contributed by atoms with E-state index in [9.17, 15) is 4.79 Å². The standard InChI is InChI=1S/C12H15N5OS/c1-7-4-5-10(6-8(7)2)17-12(14-15-16-17)19-9(3)11(13)18/h4-6,9H,1-3H3,(H2,13,18). The molecule has 2 N–H and O–H groups in total. The normalized spacial score (nSPS) is 12.4. The van der Waals surface area contributed by atoms with Crippen molar-refractivity contribution in [3.63, 3.8) is 0 Å². The van der Waals surface area contributed by atoms with Crippen molar-refractivity contribution in [3.8, 4) is 5.69 Å². The average molecular weight is 277 g/mol. The van der Waals surface area contributed by atoms with Crippen LogP contribution in [0, 0.1) is 13.8 Å². The topological polar surface area (TPSA) is 86.7 Å². The summed E-state index contributed by atoms with van der Waals surface area (Å²) in [5.74, 6) is -0.389. The maximum absolute atomic E-state index is 11.1. The third-order valence-electron chi connectivity index (χ3n) is 2.86. The first-order valence-electron chi connectivity index (χ1n) is 5.81. The number of thioether (sulfide) groups is 1. The molecule has 1 amide bonds. The zero-order valence-electron chi connectivity index (χ0n) is 11.0. The minimum Gasteiger partial charge on any atom is -0.369 e. The Morgan fingerprint density at radius 1 is 1.37 bits per heavy atom. The van der Waals surface area contributed by atoms with Gasteiger partial charge in [0, 0.05) is 0 Å². The third-order valence-corrected chi connectivity index (χ3v) is 3.91. The number of nitrogens with zero attached hydrogens (tertiary/aromatic N) is 4. The minimum atomic E-state index is -0.389. The third kappa shape index (κ3) is 2.93. The Bertz CT molecular complexity index is 610. The number of benzene rings is 1. The number of hydrogen-bond donors (Lipinski definition) is 1. The van der Waals surface area contributed by atoms with Gasteiger partial charge in [0.05, 0.1) is 10.9 Å². The van der Waals surface area contributed by atoms with Crippen LogP contribution in [-0.4, -0.2) is 31.4 Å². The van der Waals surface area contributed by atoms with E-state index in [4.69, 9.17) is 5.73 Å². The van der Waals surface area contributed by atoms with E-state index in [2.05, 4.69) is 15.5 Å². The number of carbonyl (C=O) groups excluding carboxylic acids is 1. The molecule has 100 valence electrons. The molecule has 0 aliphatic carbocycles. The van der Waals surface area contributed by atoms with E-state index in [1.54, 1.807) is 11.6 Å². The van der Waals surface area contributed by atoms with Crippen molar-refractivity contribution < 1.29 is 4.79 Å². The van der Waals surface area contributed by atoms with Gasteiger partial charge in [-0.2, -0.15) is 4.68 Å². The minimum absolute atomic E-state index is 0.378. The maximum atomic E-state index is 11.1. The van der Waals surface area contributed by atoms with E-state index in [-0.39, 0.29) is 11.2 Å². The zero-order chi connectivity index (χ0) is 14.0. The number of primary amides is 1. The van der Waals surface area contributed by atoms with Gasteiger partial charge in [0.15, 0.2) is 0 Å². The van der Waals surface area contributed by atoms with Gasteiger partial charge >= 0.3 is 0 Å². The van der Waals surface area contributed by atoms with Crippen molar-refractivity contribution in [3.05, 3.63) is 29.3 Å². The van der Waals surface area contributed by atoms with Gasteiger partial charge in [0.2, 0.25) is 11.1 Å². The molecule has 19 heavy (non-hydrogen) atoms. The van der Waals surface area contributed by atoms with E-state index in [0.717, 1.165) is 11.3 Å². The highest BCUT2D eigenvalue weighted by Crippen LogP contribution is 2.23. The first-order valence-corrected chi connectivity index (χ1v) is 6.69. The number of tetrazole rings is 1. The zero-order valence-corrected chi connectivity index (χ0v) is 11.8. The SMILES string of the molecule is Cc1ccc(-n2nnnc2SC(C)C(N)=O)cc1C. The number of hydrogen-bond acceptors (Lipinski definition) is 5. The van der Waals surface area contributed by atoms with E-state index in [0.29, 0.717) is 5.16 Å². The summed E-state index contributed by atoms with van der Waals surface area (Å²) in [6.07, 6.45) is 0. The highest BCUT2D eigenvalue weighted by molar-refractivity contribution is 8.00. The predicted molar refractivity (Wildman–Crippen MR) is 73.1 cm³/mol. The fraction of sp³-hybridized carbons (Fsp3) is 0.333. The van der Waals surface area contributed by atoms with Crippen molar-refractivity contribution in [2.75, 3.05) is 0 Å². The van der Waals surface area contributed by atoms with Gasteiger partial charge in [0.1, 0.15) is 0 Å². The second kappa shape index (κ2) is 5.40. The molecule has 7 heteroatoms. The van der Waals surface area contributed by atoms with Gasteiger partial charge < -0.3 is 5.73 Å². The molecule has 0 saturated carbocycles. The molecule has 0 bridgehead atoms. The summed E-state index contributed by atoms with van der Waals surface area (Å²) in [5.41, 5.74) is 8.48. The Labute approximate surface area is 115 Å². The lowest BCUT2D eigenvalue weighted by molar-refractivity contribution is -0.117. The Hall–Kier alpha value is -1.89. The lowest BCUT2D eigenvalue weighted by Gasteiger charge is -2.08. The smallest absolute Gasteiger partial charge is 0.230 e. The average Bonchev–Trinajstić information content (AvgIpc) is 2.80. The largest absolute Gasteiger partial charge is 0.369 e. The molecule has 2 aromatic rings. The van der Waals surface area contributed by atoms with Crippen LogP contribution in [0.2, 0.25) is 0 Å². The molecule has 0 fully saturated rings. The summed E-state index contributed by atoms with van der Waals surface area (Å²) in [7, 11) is 0. The number of rotatable bonds is 4. The maximum Gasteiger partial charge on any atom is 0.230 e. The molecular weight excluding hydrogens is 262 g/mol. The first kappa shape index (κ1) is 13.5. The molecule has 1 unspecified atom stereocenters. The molecule has 1 atom stereocenters. The molecule has 0 spiro atoms. The Kier molecular flexibility index (Phi) is 3.84. The van der Waals surface area contributed by atoms with Gasteiger partial charge in [-0.1, -0.05) is 17.8 Å². The Morgan fingerprint density at radius 3 is 2.74 bits per heavy atom. The highest BCUT2D eigenvalue weighted by Gasteiger charge is 2.16. The van der Waals surface area contributed by atoms with Crippen LogP contribution in [0.25, 0.3) is 5.69 Å². The molecule has 0 saturated heterocycles. The van der Waals surface area contributed by atoms with Crippen molar-refractivity contribution in [2.24, 2.45) is 5.73 Å². The molecule has 2 rings (SSSR count).